The second-order valence-electron chi connectivity index (χ2n) is 7.88. The first kappa shape index (κ1) is 25.7. The van der Waals surface area contributed by atoms with Crippen molar-refractivity contribution < 1.29 is 29.6 Å². The van der Waals surface area contributed by atoms with Crippen molar-refractivity contribution in [3.63, 3.8) is 0 Å². The van der Waals surface area contributed by atoms with Crippen LogP contribution < -0.4 is 4.74 Å². The Kier molecular flexibility index (Phi) is 10.1. The molecule has 7 heteroatoms. The number of carbonyl (C=O) groups is 2. The molecule has 0 aliphatic carbocycles. The van der Waals surface area contributed by atoms with Crippen LogP contribution in [0, 0.1) is 5.92 Å². The van der Waals surface area contributed by atoms with Crippen molar-refractivity contribution in [1.29, 1.82) is 0 Å². The van der Waals surface area contributed by atoms with Crippen molar-refractivity contribution in [1.82, 2.24) is 0 Å². The molecule has 2 atom stereocenters. The number of benzene rings is 2. The number of aliphatic carboxylic acids is 1. The van der Waals surface area contributed by atoms with E-state index in [9.17, 15) is 19.8 Å². The van der Waals surface area contributed by atoms with E-state index in [0.717, 1.165) is 23.5 Å². The molecule has 0 saturated carbocycles. The molecule has 0 aromatic heterocycles. The van der Waals surface area contributed by atoms with Crippen LogP contribution in [0.15, 0.2) is 41.3 Å². The predicted molar refractivity (Wildman–Crippen MR) is 126 cm³/mol. The van der Waals surface area contributed by atoms with Crippen LogP contribution in [-0.2, 0) is 11.2 Å². The first-order valence-corrected chi connectivity index (χ1v) is 11.8. The Morgan fingerprint density at radius 1 is 1.12 bits per heavy atom. The smallest absolute Gasteiger partial charge is 0.303 e. The first-order valence-electron chi connectivity index (χ1n) is 10.9. The zero-order valence-electron chi connectivity index (χ0n) is 18.8. The Bertz CT molecular complexity index is 909. The Balaban J connectivity index is 1.85. The molecule has 2 aromatic carbocycles. The maximum Gasteiger partial charge on any atom is 0.303 e. The molecule has 32 heavy (non-hydrogen) atoms. The number of hydrogen-bond donors (Lipinski definition) is 3. The zero-order chi connectivity index (χ0) is 23.7. The van der Waals surface area contributed by atoms with Gasteiger partial charge in [-0.05, 0) is 55.5 Å². The summed E-state index contributed by atoms with van der Waals surface area (Å²) in [5.41, 5.74) is 1.71. The summed E-state index contributed by atoms with van der Waals surface area (Å²) in [5.74, 6) is 0.0253. The minimum Gasteiger partial charge on any atom is -0.507 e. The molecule has 0 aliphatic heterocycles. The SMILES string of the molecule is CCCc1c(OCCCSc2ccc([C@@H](O)[C@H](C)CC(=O)O)cc2)ccc(C(C)=O)c1O. The van der Waals surface area contributed by atoms with Crippen molar-refractivity contribution in [3.05, 3.63) is 53.1 Å². The number of aliphatic hydroxyl groups is 1. The van der Waals surface area contributed by atoms with Gasteiger partial charge in [0.1, 0.15) is 11.5 Å². The highest BCUT2D eigenvalue weighted by Crippen LogP contribution is 2.33. The number of hydrogen-bond acceptors (Lipinski definition) is 6. The second-order valence-corrected chi connectivity index (χ2v) is 9.05. The Morgan fingerprint density at radius 3 is 2.41 bits per heavy atom. The Morgan fingerprint density at radius 2 is 1.81 bits per heavy atom. The minimum absolute atomic E-state index is 0.0196. The maximum absolute atomic E-state index is 11.7. The first-order chi connectivity index (χ1) is 15.2. The van der Waals surface area contributed by atoms with E-state index in [1.807, 2.05) is 31.2 Å². The quantitative estimate of drug-likeness (QED) is 0.213. The number of phenolic OH excluding ortho intramolecular Hbond substituents is 1. The third-order valence-electron chi connectivity index (χ3n) is 5.19. The van der Waals surface area contributed by atoms with E-state index in [0.29, 0.717) is 35.5 Å². The fourth-order valence-electron chi connectivity index (χ4n) is 3.44. The summed E-state index contributed by atoms with van der Waals surface area (Å²) in [5, 5.41) is 29.6. The number of rotatable bonds is 13. The van der Waals surface area contributed by atoms with Gasteiger partial charge in [0.25, 0.3) is 0 Å². The standard InChI is InChI=1S/C25H32O6S/c1-4-6-21-22(12-11-20(17(3)26)25(21)30)31-13-5-14-32-19-9-7-18(8-10-19)24(29)16(2)15-23(27)28/h7-12,16,24,29-30H,4-6,13-15H2,1-3H3,(H,27,28)/t16-,24+/m1/s1. The molecule has 0 heterocycles. The molecule has 0 saturated heterocycles. The number of Topliss-reactive ketones (excluding diaryl/α,β-unsaturated/α-hetero) is 1. The summed E-state index contributed by atoms with van der Waals surface area (Å²) in [6.07, 6.45) is 1.39. The molecule has 3 N–H and O–H groups in total. The number of ketones is 1. The number of phenols is 1. The molecule has 0 bridgehead atoms. The molecule has 174 valence electrons. The lowest BCUT2D eigenvalue weighted by molar-refractivity contribution is -0.139. The van der Waals surface area contributed by atoms with Crippen molar-refractivity contribution >= 4 is 23.5 Å². The summed E-state index contributed by atoms with van der Waals surface area (Å²) in [7, 11) is 0. The fraction of sp³-hybridized carbons (Fsp3) is 0.440. The third kappa shape index (κ3) is 7.28. The van der Waals surface area contributed by atoms with Crippen molar-refractivity contribution in [2.24, 2.45) is 5.92 Å². The average molecular weight is 461 g/mol. The van der Waals surface area contributed by atoms with Gasteiger partial charge in [-0.15, -0.1) is 11.8 Å². The van der Waals surface area contributed by atoms with Crippen LogP contribution >= 0.6 is 11.8 Å². The highest BCUT2D eigenvalue weighted by Gasteiger charge is 2.19. The molecule has 2 rings (SSSR count). The lowest BCUT2D eigenvalue weighted by atomic mass is 9.95. The summed E-state index contributed by atoms with van der Waals surface area (Å²) in [4.78, 5) is 23.5. The van der Waals surface area contributed by atoms with Crippen LogP contribution in [0.2, 0.25) is 0 Å². The van der Waals surface area contributed by atoms with E-state index in [-0.39, 0.29) is 23.9 Å². The van der Waals surface area contributed by atoms with Gasteiger partial charge in [0.15, 0.2) is 5.78 Å². The number of thioether (sulfide) groups is 1. The van der Waals surface area contributed by atoms with Gasteiger partial charge >= 0.3 is 5.97 Å². The van der Waals surface area contributed by atoms with E-state index in [4.69, 9.17) is 9.84 Å². The molecule has 0 spiro atoms. The van der Waals surface area contributed by atoms with Crippen molar-refractivity contribution in [3.8, 4) is 11.5 Å². The monoisotopic (exact) mass is 460 g/mol. The second kappa shape index (κ2) is 12.5. The van der Waals surface area contributed by atoms with Crippen molar-refractivity contribution in [2.45, 2.75) is 57.5 Å². The van der Waals surface area contributed by atoms with Gasteiger partial charge in [0, 0.05) is 16.2 Å². The molecule has 0 amide bonds. The Labute approximate surface area is 193 Å². The van der Waals surface area contributed by atoms with E-state index >= 15 is 0 Å². The molecule has 0 aliphatic rings. The van der Waals surface area contributed by atoms with Gasteiger partial charge in [-0.1, -0.05) is 32.4 Å². The molecular weight excluding hydrogens is 428 g/mol. The van der Waals surface area contributed by atoms with Crippen LogP contribution in [0.5, 0.6) is 11.5 Å². The number of carboxylic acids is 1. The molecule has 0 fully saturated rings. The van der Waals surface area contributed by atoms with E-state index in [2.05, 4.69) is 0 Å². The summed E-state index contributed by atoms with van der Waals surface area (Å²) >= 11 is 1.67. The molecule has 0 unspecified atom stereocenters. The van der Waals surface area contributed by atoms with Gasteiger partial charge in [-0.2, -0.15) is 0 Å². The van der Waals surface area contributed by atoms with E-state index < -0.39 is 12.1 Å². The zero-order valence-corrected chi connectivity index (χ0v) is 19.7. The van der Waals surface area contributed by atoms with E-state index in [1.54, 1.807) is 30.8 Å². The van der Waals surface area contributed by atoms with Crippen LogP contribution in [0.1, 0.15) is 67.6 Å². The lowest BCUT2D eigenvalue weighted by Gasteiger charge is -2.17. The average Bonchev–Trinajstić information content (AvgIpc) is 2.75. The molecular formula is C25H32O6S. The maximum atomic E-state index is 11.7. The molecule has 2 aromatic rings. The molecule has 6 nitrogen and oxygen atoms in total. The topological polar surface area (TPSA) is 104 Å². The lowest BCUT2D eigenvalue weighted by Crippen LogP contribution is -2.13. The van der Waals surface area contributed by atoms with Gasteiger partial charge in [-0.25, -0.2) is 0 Å². The highest BCUT2D eigenvalue weighted by atomic mass is 32.2. The number of aromatic hydroxyl groups is 1. The summed E-state index contributed by atoms with van der Waals surface area (Å²) < 4.78 is 5.89. The van der Waals surface area contributed by atoms with Gasteiger partial charge < -0.3 is 20.1 Å². The highest BCUT2D eigenvalue weighted by molar-refractivity contribution is 7.99. The Hall–Kier alpha value is -2.51. The van der Waals surface area contributed by atoms with E-state index in [1.165, 1.54) is 6.92 Å². The van der Waals surface area contributed by atoms with Crippen LogP contribution in [0.4, 0.5) is 0 Å². The third-order valence-corrected chi connectivity index (χ3v) is 6.29. The minimum atomic E-state index is -0.919. The van der Waals surface area contributed by atoms with Gasteiger partial charge in [-0.3, -0.25) is 9.59 Å². The predicted octanol–water partition coefficient (Wildman–Crippen LogP) is 5.25. The van der Waals surface area contributed by atoms with Crippen LogP contribution in [0.3, 0.4) is 0 Å². The summed E-state index contributed by atoms with van der Waals surface area (Å²) in [6, 6.07) is 10.9. The fourth-order valence-corrected chi connectivity index (χ4v) is 4.26. The summed E-state index contributed by atoms with van der Waals surface area (Å²) in [6.45, 7) is 5.66. The van der Waals surface area contributed by atoms with Crippen LogP contribution in [-0.4, -0.2) is 39.4 Å². The normalized spacial score (nSPS) is 12.9. The number of aliphatic hydroxyl groups excluding tert-OH is 1. The largest absolute Gasteiger partial charge is 0.507 e. The number of carbonyl (C=O) groups excluding carboxylic acids is 1. The van der Waals surface area contributed by atoms with Crippen LogP contribution in [0.25, 0.3) is 0 Å². The van der Waals surface area contributed by atoms with Gasteiger partial charge in [0.05, 0.1) is 24.7 Å². The number of carboxylic acid groups (broad SMARTS) is 1. The van der Waals surface area contributed by atoms with Crippen molar-refractivity contribution in [2.75, 3.05) is 12.4 Å². The molecule has 0 radical (unpaired) electrons. The number of ether oxygens (including phenoxy) is 1. The van der Waals surface area contributed by atoms with Gasteiger partial charge in [0.2, 0.25) is 0 Å².